The highest BCUT2D eigenvalue weighted by Gasteiger charge is 2.47. The van der Waals surface area contributed by atoms with Crippen molar-refractivity contribution in [1.82, 2.24) is 5.32 Å². The fourth-order valence-electron chi connectivity index (χ4n) is 1.75. The predicted molar refractivity (Wildman–Crippen MR) is 69.5 cm³/mol. The zero-order valence-corrected chi connectivity index (χ0v) is 11.5. The average Bonchev–Trinajstić information content (AvgIpc) is 2.58. The Labute approximate surface area is 108 Å². The van der Waals surface area contributed by atoms with Gasteiger partial charge in [-0.2, -0.15) is 0 Å². The molecule has 2 unspecified atom stereocenters. The highest BCUT2D eigenvalue weighted by atomic mass is 31.1. The lowest BCUT2D eigenvalue weighted by molar-refractivity contribution is 0.0251. The number of alkyl halides is 1. The SMILES string of the molecule is [C-]#[N+]CCO[P+](=C)O[C@@H]1C(F)[C@H](C)O[C@@H]1CNC. The van der Waals surface area contributed by atoms with E-state index in [-0.39, 0.29) is 19.3 Å². The minimum Gasteiger partial charge on any atom is -0.368 e. The lowest BCUT2D eigenvalue weighted by Crippen LogP contribution is -2.36. The maximum atomic E-state index is 13.9. The van der Waals surface area contributed by atoms with Crippen molar-refractivity contribution in [2.75, 3.05) is 26.7 Å². The molecule has 7 heteroatoms. The molecule has 0 bridgehead atoms. The van der Waals surface area contributed by atoms with Crippen molar-refractivity contribution in [3.8, 4) is 0 Å². The molecule has 5 atom stereocenters. The topological polar surface area (TPSA) is 44.1 Å². The molecule has 1 aliphatic rings. The number of likely N-dealkylation sites (N-methyl/N-ethyl adjacent to an activating group) is 1. The third-order valence-electron chi connectivity index (χ3n) is 2.60. The van der Waals surface area contributed by atoms with E-state index in [1.54, 1.807) is 14.0 Å². The number of ether oxygens (including phenoxy) is 1. The van der Waals surface area contributed by atoms with E-state index >= 15 is 0 Å². The van der Waals surface area contributed by atoms with Gasteiger partial charge in [-0.25, -0.2) is 11.0 Å². The van der Waals surface area contributed by atoms with Crippen molar-refractivity contribution in [3.63, 3.8) is 0 Å². The van der Waals surface area contributed by atoms with Crippen LogP contribution in [0.25, 0.3) is 4.85 Å². The Morgan fingerprint density at radius 3 is 2.94 bits per heavy atom. The van der Waals surface area contributed by atoms with Crippen LogP contribution in [-0.2, 0) is 13.8 Å². The minimum absolute atomic E-state index is 0.258. The van der Waals surface area contributed by atoms with Gasteiger partial charge in [-0.15, -0.1) is 9.05 Å². The zero-order valence-electron chi connectivity index (χ0n) is 10.6. The van der Waals surface area contributed by atoms with Crippen LogP contribution in [0.5, 0.6) is 0 Å². The second kappa shape index (κ2) is 7.78. The highest BCUT2D eigenvalue weighted by Crippen LogP contribution is 2.34. The van der Waals surface area contributed by atoms with E-state index in [1.807, 2.05) is 0 Å². The van der Waals surface area contributed by atoms with Crippen LogP contribution in [0.2, 0.25) is 0 Å². The van der Waals surface area contributed by atoms with Gasteiger partial charge >= 0.3 is 8.00 Å². The van der Waals surface area contributed by atoms with Crippen molar-refractivity contribution < 1.29 is 18.2 Å². The lowest BCUT2D eigenvalue weighted by Gasteiger charge is -2.14. The predicted octanol–water partition coefficient (Wildman–Crippen LogP) is 1.40. The number of rotatable bonds is 7. The normalized spacial score (nSPS) is 32.2. The zero-order chi connectivity index (χ0) is 13.5. The molecule has 1 fully saturated rings. The van der Waals surface area contributed by atoms with Crippen LogP contribution in [0.15, 0.2) is 0 Å². The summed E-state index contributed by atoms with van der Waals surface area (Å²) in [6.07, 6.45) is 1.04. The third kappa shape index (κ3) is 4.27. The molecule has 0 aromatic heterocycles. The van der Waals surface area contributed by atoms with Crippen LogP contribution in [-0.4, -0.2) is 57.5 Å². The molecule has 18 heavy (non-hydrogen) atoms. The molecule has 1 rings (SSSR count). The van der Waals surface area contributed by atoms with Gasteiger partial charge in [0.1, 0.15) is 12.4 Å². The van der Waals surface area contributed by atoms with E-state index in [1.165, 1.54) is 0 Å². The largest absolute Gasteiger partial charge is 0.423 e. The summed E-state index contributed by atoms with van der Waals surface area (Å²) < 4.78 is 30.1. The number of halogens is 1. The molecule has 1 N–H and O–H groups in total. The molecule has 0 aliphatic carbocycles. The van der Waals surface area contributed by atoms with Gasteiger partial charge < -0.3 is 14.9 Å². The molecule has 1 aliphatic heterocycles. The first-order valence-corrected chi connectivity index (χ1v) is 7.14. The molecule has 0 radical (unpaired) electrons. The standard InChI is InChI=1S/C11H19FN2O3P/c1-8-10(12)11(9(16-8)7-14-3)17-18(4)15-6-5-13-2/h8-11,14H,4-7H2,1,3H3/q+1/t8-,9+,10?,11-/m0/s1. The van der Waals surface area contributed by atoms with Crippen LogP contribution in [0.1, 0.15) is 6.92 Å². The number of nitrogens with one attached hydrogen (secondary N) is 1. The highest BCUT2D eigenvalue weighted by molar-refractivity contribution is 7.45. The van der Waals surface area contributed by atoms with Crippen LogP contribution in [0.4, 0.5) is 4.39 Å². The van der Waals surface area contributed by atoms with E-state index < -0.39 is 26.4 Å². The van der Waals surface area contributed by atoms with Gasteiger partial charge in [-0.05, 0) is 14.0 Å². The smallest absolute Gasteiger partial charge is 0.368 e. The molecular formula is C11H19FN2O3P+. The summed E-state index contributed by atoms with van der Waals surface area (Å²) in [5.74, 6) is 0. The van der Waals surface area contributed by atoms with Gasteiger partial charge in [-0.1, -0.05) is 0 Å². The van der Waals surface area contributed by atoms with Crippen molar-refractivity contribution in [2.45, 2.75) is 31.4 Å². The summed E-state index contributed by atoms with van der Waals surface area (Å²) in [5, 5.41) is 2.94. The molecule has 0 saturated carbocycles. The van der Waals surface area contributed by atoms with E-state index in [4.69, 9.17) is 20.4 Å². The van der Waals surface area contributed by atoms with E-state index in [0.29, 0.717) is 6.54 Å². The maximum Gasteiger partial charge on any atom is 0.423 e. The monoisotopic (exact) mass is 277 g/mol. The molecule has 5 nitrogen and oxygen atoms in total. The quantitative estimate of drug-likeness (QED) is 0.434. The minimum atomic E-state index is -1.43. The second-order valence-corrected chi connectivity index (χ2v) is 5.13. The van der Waals surface area contributed by atoms with Gasteiger partial charge in [0.2, 0.25) is 6.54 Å². The Morgan fingerprint density at radius 1 is 1.61 bits per heavy atom. The van der Waals surface area contributed by atoms with Crippen LogP contribution >= 0.6 is 8.00 Å². The molecule has 0 aromatic rings. The average molecular weight is 277 g/mol. The van der Waals surface area contributed by atoms with Crippen molar-refractivity contribution >= 4 is 14.3 Å². The molecule has 1 heterocycles. The Kier molecular flexibility index (Phi) is 6.69. The number of nitrogens with zero attached hydrogens (tertiary/aromatic N) is 1. The van der Waals surface area contributed by atoms with Gasteiger partial charge in [0.25, 0.3) is 0 Å². The molecule has 0 spiro atoms. The van der Waals surface area contributed by atoms with Crippen molar-refractivity contribution in [1.29, 1.82) is 0 Å². The summed E-state index contributed by atoms with van der Waals surface area (Å²) in [6.45, 7) is 9.33. The van der Waals surface area contributed by atoms with E-state index in [9.17, 15) is 4.39 Å². The van der Waals surface area contributed by atoms with Gasteiger partial charge in [0.05, 0.1) is 6.10 Å². The lowest BCUT2D eigenvalue weighted by atomic mass is 10.1. The van der Waals surface area contributed by atoms with E-state index in [0.717, 1.165) is 0 Å². The maximum absolute atomic E-state index is 13.9. The molecule has 1 saturated heterocycles. The van der Waals surface area contributed by atoms with Crippen molar-refractivity contribution in [3.05, 3.63) is 11.4 Å². The molecule has 102 valence electrons. The molecule has 0 amide bonds. The van der Waals surface area contributed by atoms with Gasteiger partial charge in [0, 0.05) is 6.54 Å². The Morgan fingerprint density at radius 2 is 2.33 bits per heavy atom. The Hall–Kier alpha value is -0.570. The Bertz CT molecular complexity index is 324. The number of hydrogen-bond donors (Lipinski definition) is 1. The summed E-state index contributed by atoms with van der Waals surface area (Å²) in [5.41, 5.74) is 0. The fourth-order valence-corrected chi connectivity index (χ4v) is 2.62. The number of hydrogen-bond acceptors (Lipinski definition) is 4. The van der Waals surface area contributed by atoms with Crippen LogP contribution < -0.4 is 5.32 Å². The first-order chi connectivity index (χ1) is 8.60. The molecular weight excluding hydrogens is 258 g/mol. The van der Waals surface area contributed by atoms with Gasteiger partial charge in [0.15, 0.2) is 18.9 Å². The third-order valence-corrected chi connectivity index (χ3v) is 3.55. The first-order valence-electron chi connectivity index (χ1n) is 5.77. The van der Waals surface area contributed by atoms with Crippen LogP contribution in [0.3, 0.4) is 0 Å². The van der Waals surface area contributed by atoms with E-state index in [2.05, 4.69) is 16.5 Å². The summed E-state index contributed by atoms with van der Waals surface area (Å²) in [6, 6.07) is 0. The summed E-state index contributed by atoms with van der Waals surface area (Å²) in [4.78, 5) is 3.15. The fraction of sp³-hybridized carbons (Fsp3) is 0.818. The first kappa shape index (κ1) is 15.5. The Balaban J connectivity index is 2.46. The summed E-state index contributed by atoms with van der Waals surface area (Å²) in [7, 11) is 0.346. The van der Waals surface area contributed by atoms with Crippen molar-refractivity contribution in [2.24, 2.45) is 0 Å². The molecule has 0 aromatic carbocycles. The second-order valence-electron chi connectivity index (χ2n) is 4.00. The summed E-state index contributed by atoms with van der Waals surface area (Å²) >= 11 is 0. The van der Waals surface area contributed by atoms with Crippen LogP contribution in [0, 0.1) is 6.57 Å². The van der Waals surface area contributed by atoms with Gasteiger partial charge in [-0.3, -0.25) is 0 Å².